The van der Waals surface area contributed by atoms with Gasteiger partial charge in [0.25, 0.3) is 0 Å². The molecule has 1 fully saturated rings. The summed E-state index contributed by atoms with van der Waals surface area (Å²) in [5.74, 6) is 2.04. The number of hydrogen-bond acceptors (Lipinski definition) is 3. The van der Waals surface area contributed by atoms with Crippen LogP contribution < -0.4 is 5.32 Å². The molecule has 1 unspecified atom stereocenters. The number of benzene rings is 1. The highest BCUT2D eigenvalue weighted by molar-refractivity contribution is 6.30. The summed E-state index contributed by atoms with van der Waals surface area (Å²) in [6, 6.07) is 6.52. The fraction of sp³-hybridized carbons (Fsp3) is 0.429. The van der Waals surface area contributed by atoms with E-state index in [1.165, 1.54) is 40.7 Å². The predicted octanol–water partition coefficient (Wildman–Crippen LogP) is 6.38. The molecule has 4 nitrogen and oxygen atoms in total. The molecule has 2 aromatic rings. The highest BCUT2D eigenvalue weighted by atomic mass is 35.5. The monoisotopic (exact) mass is 462 g/mol. The van der Waals surface area contributed by atoms with E-state index in [1.807, 2.05) is 12.4 Å². The molecule has 0 radical (unpaired) electrons. The number of nitrogens with one attached hydrogen (secondary N) is 1. The van der Waals surface area contributed by atoms with E-state index in [9.17, 15) is 0 Å². The Balaban J connectivity index is 1.72. The van der Waals surface area contributed by atoms with E-state index in [4.69, 9.17) is 11.6 Å². The summed E-state index contributed by atoms with van der Waals surface area (Å²) >= 11 is 6.54. The first kappa shape index (κ1) is 23.7. The van der Waals surface area contributed by atoms with Crippen molar-refractivity contribution in [1.82, 2.24) is 14.9 Å². The van der Waals surface area contributed by atoms with Gasteiger partial charge in [0.05, 0.1) is 6.54 Å². The molecule has 0 bridgehead atoms. The maximum atomic E-state index is 6.54. The van der Waals surface area contributed by atoms with Crippen LogP contribution in [0.3, 0.4) is 0 Å². The zero-order valence-corrected chi connectivity index (χ0v) is 20.6. The molecule has 1 aromatic carbocycles. The summed E-state index contributed by atoms with van der Waals surface area (Å²) in [5.41, 5.74) is 6.89. The van der Waals surface area contributed by atoms with Crippen LogP contribution in [0, 0.1) is 12.8 Å². The molecule has 1 saturated heterocycles. The molecule has 0 saturated carbocycles. The van der Waals surface area contributed by atoms with Crippen LogP contribution in [0.15, 0.2) is 65.5 Å². The molecule has 33 heavy (non-hydrogen) atoms. The molecule has 2 heterocycles. The Bertz CT molecular complexity index is 1070. The van der Waals surface area contributed by atoms with Crippen molar-refractivity contribution in [2.75, 3.05) is 19.6 Å². The smallest absolute Gasteiger partial charge is 0.105 e. The van der Waals surface area contributed by atoms with Crippen LogP contribution in [0.25, 0.3) is 5.57 Å². The largest absolute Gasteiger partial charge is 0.335 e. The van der Waals surface area contributed by atoms with Crippen LogP contribution in [-0.4, -0.2) is 35.4 Å². The Hall–Kier alpha value is -2.43. The minimum atomic E-state index is 0.367. The SMILES string of the molecule is C=CC=NCC1=C(C)C=C(CCCn2ccnc2C)c2cc(Cl)ccc2C1C1CCNCC1. The number of allylic oxidation sites excluding steroid dienone is 4. The maximum Gasteiger partial charge on any atom is 0.105 e. The van der Waals surface area contributed by atoms with Crippen molar-refractivity contribution in [2.45, 2.75) is 52.0 Å². The fourth-order valence-corrected chi connectivity index (χ4v) is 5.57. The van der Waals surface area contributed by atoms with Crippen molar-refractivity contribution in [1.29, 1.82) is 0 Å². The molecular weight excluding hydrogens is 428 g/mol. The summed E-state index contributed by atoms with van der Waals surface area (Å²) in [6.45, 7) is 12.0. The third kappa shape index (κ3) is 5.56. The lowest BCUT2D eigenvalue weighted by Gasteiger charge is -2.34. The lowest BCUT2D eigenvalue weighted by Crippen LogP contribution is -2.32. The lowest BCUT2D eigenvalue weighted by molar-refractivity contribution is 0.337. The van der Waals surface area contributed by atoms with E-state index in [0.29, 0.717) is 18.4 Å². The Morgan fingerprint density at radius 2 is 2.09 bits per heavy atom. The number of aromatic nitrogens is 2. The first-order valence-electron chi connectivity index (χ1n) is 12.1. The summed E-state index contributed by atoms with van der Waals surface area (Å²) in [4.78, 5) is 9.05. The average molecular weight is 463 g/mol. The second kappa shape index (κ2) is 11.1. The van der Waals surface area contributed by atoms with Crippen LogP contribution in [0.5, 0.6) is 0 Å². The van der Waals surface area contributed by atoms with Crippen molar-refractivity contribution in [2.24, 2.45) is 10.9 Å². The molecule has 1 aliphatic heterocycles. The van der Waals surface area contributed by atoms with Crippen LogP contribution in [0.1, 0.15) is 55.5 Å². The third-order valence-electron chi connectivity index (χ3n) is 7.07. The van der Waals surface area contributed by atoms with Gasteiger partial charge in [0.15, 0.2) is 0 Å². The minimum absolute atomic E-state index is 0.367. The molecular formula is C28H35ClN4. The van der Waals surface area contributed by atoms with Gasteiger partial charge in [0.2, 0.25) is 0 Å². The Labute approximate surface area is 203 Å². The first-order chi connectivity index (χ1) is 16.1. The predicted molar refractivity (Wildman–Crippen MR) is 140 cm³/mol. The summed E-state index contributed by atoms with van der Waals surface area (Å²) in [6.07, 6.45) is 14.4. The van der Waals surface area contributed by atoms with E-state index >= 15 is 0 Å². The van der Waals surface area contributed by atoms with Crippen molar-refractivity contribution < 1.29 is 0 Å². The third-order valence-corrected chi connectivity index (χ3v) is 7.30. The zero-order chi connectivity index (χ0) is 23.2. The van der Waals surface area contributed by atoms with Gasteiger partial charge >= 0.3 is 0 Å². The zero-order valence-electron chi connectivity index (χ0n) is 19.9. The number of imidazole rings is 1. The Morgan fingerprint density at radius 1 is 1.27 bits per heavy atom. The van der Waals surface area contributed by atoms with Crippen LogP contribution in [0.4, 0.5) is 0 Å². The summed E-state index contributed by atoms with van der Waals surface area (Å²) in [5, 5.41) is 4.34. The van der Waals surface area contributed by atoms with Gasteiger partial charge in [-0.05, 0) is 98.5 Å². The molecule has 0 spiro atoms. The van der Waals surface area contributed by atoms with Gasteiger partial charge in [-0.2, -0.15) is 0 Å². The second-order valence-corrected chi connectivity index (χ2v) is 9.61. The summed E-state index contributed by atoms with van der Waals surface area (Å²) in [7, 11) is 0. The van der Waals surface area contributed by atoms with Gasteiger partial charge in [-0.3, -0.25) is 4.99 Å². The van der Waals surface area contributed by atoms with E-state index in [0.717, 1.165) is 43.3 Å². The van der Waals surface area contributed by atoms with E-state index < -0.39 is 0 Å². The Kier molecular flexibility index (Phi) is 8.00. The second-order valence-electron chi connectivity index (χ2n) is 9.17. The van der Waals surface area contributed by atoms with Crippen LogP contribution in [0.2, 0.25) is 5.02 Å². The molecule has 174 valence electrons. The lowest BCUT2D eigenvalue weighted by atomic mass is 9.74. The van der Waals surface area contributed by atoms with Gasteiger partial charge in [0, 0.05) is 36.1 Å². The van der Waals surface area contributed by atoms with Gasteiger partial charge < -0.3 is 9.88 Å². The van der Waals surface area contributed by atoms with Gasteiger partial charge in [-0.1, -0.05) is 36.4 Å². The average Bonchev–Trinajstić information content (AvgIpc) is 3.19. The highest BCUT2D eigenvalue weighted by Crippen LogP contribution is 2.45. The maximum absolute atomic E-state index is 6.54. The number of aliphatic imine (C=N–C) groups is 1. The van der Waals surface area contributed by atoms with Gasteiger partial charge in [-0.25, -0.2) is 4.98 Å². The molecule has 4 rings (SSSR count). The normalized spacial score (nSPS) is 19.5. The molecule has 1 aliphatic carbocycles. The number of hydrogen-bond donors (Lipinski definition) is 1. The molecule has 0 amide bonds. The van der Waals surface area contributed by atoms with Crippen molar-refractivity contribution in [3.63, 3.8) is 0 Å². The van der Waals surface area contributed by atoms with Gasteiger partial charge in [-0.15, -0.1) is 0 Å². The van der Waals surface area contributed by atoms with Crippen LogP contribution in [-0.2, 0) is 6.54 Å². The minimum Gasteiger partial charge on any atom is -0.335 e. The molecule has 5 heteroatoms. The quantitative estimate of drug-likeness (QED) is 0.462. The molecule has 1 N–H and O–H groups in total. The number of fused-ring (bicyclic) bond motifs is 1. The molecule has 1 aromatic heterocycles. The summed E-state index contributed by atoms with van der Waals surface area (Å²) < 4.78 is 2.23. The number of rotatable bonds is 8. The Morgan fingerprint density at radius 3 is 2.82 bits per heavy atom. The van der Waals surface area contributed by atoms with Crippen molar-refractivity contribution in [3.8, 4) is 0 Å². The number of piperidine rings is 1. The highest BCUT2D eigenvalue weighted by Gasteiger charge is 2.32. The van der Waals surface area contributed by atoms with Crippen LogP contribution >= 0.6 is 11.6 Å². The first-order valence-corrected chi connectivity index (χ1v) is 12.5. The number of halogens is 1. The topological polar surface area (TPSA) is 42.2 Å². The number of nitrogens with zero attached hydrogens (tertiary/aromatic N) is 3. The standard InChI is InChI=1S/C28H35ClN4/c1-4-11-31-19-27-20(2)17-23(6-5-15-33-16-14-32-21(33)3)26-18-24(29)7-8-25(26)28(27)22-9-12-30-13-10-22/h4,7-8,11,14,16-18,22,28,30H,1,5-6,9-10,12-13,15,19H2,2-3H3. The molecule has 1 atom stereocenters. The fourth-order valence-electron chi connectivity index (χ4n) is 5.39. The van der Waals surface area contributed by atoms with E-state index in [1.54, 1.807) is 6.08 Å². The van der Waals surface area contributed by atoms with E-state index in [-0.39, 0.29) is 0 Å². The number of aryl methyl sites for hydroxylation is 2. The van der Waals surface area contributed by atoms with E-state index in [2.05, 4.69) is 70.8 Å². The van der Waals surface area contributed by atoms with Crippen molar-refractivity contribution in [3.05, 3.63) is 82.4 Å². The van der Waals surface area contributed by atoms with Crippen molar-refractivity contribution >= 4 is 23.4 Å². The molecule has 2 aliphatic rings. The van der Waals surface area contributed by atoms with Gasteiger partial charge in [0.1, 0.15) is 5.82 Å².